The van der Waals surface area contributed by atoms with Crippen molar-refractivity contribution in [1.29, 1.82) is 0 Å². The van der Waals surface area contributed by atoms with Gasteiger partial charge < -0.3 is 5.11 Å². The van der Waals surface area contributed by atoms with Crippen LogP contribution in [0.1, 0.15) is 24.5 Å². The Morgan fingerprint density at radius 1 is 1.35 bits per heavy atom. The summed E-state index contributed by atoms with van der Waals surface area (Å²) < 4.78 is 39.9. The molecule has 0 bridgehead atoms. The minimum absolute atomic E-state index is 0.000795. The number of nitrogens with one attached hydrogen (secondary N) is 1. The molecule has 1 aromatic carbocycles. The van der Waals surface area contributed by atoms with E-state index in [1.165, 1.54) is 13.8 Å². The number of benzene rings is 1. The van der Waals surface area contributed by atoms with Crippen molar-refractivity contribution in [3.8, 4) is 0 Å². The van der Waals surface area contributed by atoms with E-state index in [4.69, 9.17) is 5.11 Å². The van der Waals surface area contributed by atoms with Crippen molar-refractivity contribution in [3.05, 3.63) is 29.1 Å². The zero-order chi connectivity index (χ0) is 15.5. The van der Waals surface area contributed by atoms with Crippen molar-refractivity contribution in [1.82, 2.24) is 4.72 Å². The molecule has 0 radical (unpaired) electrons. The Kier molecular flexibility index (Phi) is 5.24. The van der Waals surface area contributed by atoms with Gasteiger partial charge in [0.1, 0.15) is 5.82 Å². The highest BCUT2D eigenvalue weighted by Gasteiger charge is 2.23. The third-order valence-corrected chi connectivity index (χ3v) is 4.78. The molecule has 1 aromatic rings. The number of halogens is 1. The minimum Gasteiger partial charge on any atom is -0.481 e. The first-order valence-corrected chi connectivity index (χ1v) is 7.66. The van der Waals surface area contributed by atoms with Crippen molar-refractivity contribution in [2.75, 3.05) is 6.54 Å². The fourth-order valence-corrected chi connectivity index (χ4v) is 3.54. The molecule has 0 aromatic heterocycles. The first kappa shape index (κ1) is 16.6. The summed E-state index contributed by atoms with van der Waals surface area (Å²) in [4.78, 5) is 10.9. The SMILES string of the molecule is CCC(CNS(=O)(=O)c1c(C)cc(F)cc1C)C(=O)O. The lowest BCUT2D eigenvalue weighted by Gasteiger charge is -2.14. The summed E-state index contributed by atoms with van der Waals surface area (Å²) in [6.45, 7) is 4.48. The molecule has 0 aliphatic rings. The van der Waals surface area contributed by atoms with E-state index < -0.39 is 27.7 Å². The quantitative estimate of drug-likeness (QED) is 0.840. The van der Waals surface area contributed by atoms with Gasteiger partial charge in [-0.1, -0.05) is 6.92 Å². The summed E-state index contributed by atoms with van der Waals surface area (Å²) in [5.74, 6) is -2.34. The molecule has 1 rings (SSSR count). The average molecular weight is 303 g/mol. The van der Waals surface area contributed by atoms with E-state index in [1.807, 2.05) is 0 Å². The molecule has 0 aliphatic carbocycles. The average Bonchev–Trinajstić information content (AvgIpc) is 2.26. The van der Waals surface area contributed by atoms with Gasteiger partial charge in [0.25, 0.3) is 0 Å². The Morgan fingerprint density at radius 2 is 1.85 bits per heavy atom. The monoisotopic (exact) mass is 303 g/mol. The van der Waals surface area contributed by atoms with Crippen LogP contribution in [-0.2, 0) is 14.8 Å². The molecule has 0 spiro atoms. The predicted molar refractivity (Wildman–Crippen MR) is 72.5 cm³/mol. The molecule has 1 unspecified atom stereocenters. The molecule has 112 valence electrons. The highest BCUT2D eigenvalue weighted by molar-refractivity contribution is 7.89. The lowest BCUT2D eigenvalue weighted by atomic mass is 10.1. The molecule has 5 nitrogen and oxygen atoms in total. The molecule has 0 saturated heterocycles. The summed E-state index contributed by atoms with van der Waals surface area (Å²) in [7, 11) is -3.86. The summed E-state index contributed by atoms with van der Waals surface area (Å²) in [5.41, 5.74) is 0.580. The van der Waals surface area contributed by atoms with Crippen molar-refractivity contribution in [2.45, 2.75) is 32.1 Å². The first-order valence-electron chi connectivity index (χ1n) is 6.18. The van der Waals surface area contributed by atoms with Crippen molar-refractivity contribution in [3.63, 3.8) is 0 Å². The highest BCUT2D eigenvalue weighted by Crippen LogP contribution is 2.21. The number of hydrogen-bond donors (Lipinski definition) is 2. The summed E-state index contributed by atoms with van der Waals surface area (Å²) >= 11 is 0. The van der Waals surface area contributed by atoms with Gasteiger partial charge in [-0.15, -0.1) is 0 Å². The topological polar surface area (TPSA) is 83.5 Å². The van der Waals surface area contributed by atoms with Crippen molar-refractivity contribution >= 4 is 16.0 Å². The van der Waals surface area contributed by atoms with Gasteiger partial charge in [-0.3, -0.25) is 4.79 Å². The van der Waals surface area contributed by atoms with Gasteiger partial charge in [-0.25, -0.2) is 17.5 Å². The maximum absolute atomic E-state index is 13.2. The van der Waals surface area contributed by atoms with E-state index in [2.05, 4.69) is 4.72 Å². The Hall–Kier alpha value is -1.47. The molecule has 0 amide bonds. The second-order valence-corrected chi connectivity index (χ2v) is 6.37. The highest BCUT2D eigenvalue weighted by atomic mass is 32.2. The fraction of sp³-hybridized carbons (Fsp3) is 0.462. The van der Waals surface area contributed by atoms with Crippen LogP contribution in [0.25, 0.3) is 0 Å². The van der Waals surface area contributed by atoms with Gasteiger partial charge >= 0.3 is 5.97 Å². The number of carbonyl (C=O) groups is 1. The Morgan fingerprint density at radius 3 is 2.25 bits per heavy atom. The zero-order valence-corrected chi connectivity index (χ0v) is 12.4. The normalized spacial score (nSPS) is 13.2. The number of carboxylic acid groups (broad SMARTS) is 1. The van der Waals surface area contributed by atoms with Gasteiger partial charge in [-0.05, 0) is 43.5 Å². The van der Waals surface area contributed by atoms with Crippen LogP contribution in [0.3, 0.4) is 0 Å². The van der Waals surface area contributed by atoms with Gasteiger partial charge in [0.15, 0.2) is 0 Å². The Bertz CT molecular complexity index is 590. The van der Waals surface area contributed by atoms with E-state index in [0.717, 1.165) is 12.1 Å². The molecule has 0 fully saturated rings. The lowest BCUT2D eigenvalue weighted by molar-refractivity contribution is -0.141. The van der Waals surface area contributed by atoms with Gasteiger partial charge in [0.2, 0.25) is 10.0 Å². The maximum Gasteiger partial charge on any atom is 0.307 e. The summed E-state index contributed by atoms with van der Waals surface area (Å²) in [6, 6.07) is 2.27. The molecular formula is C13H18FNO4S. The molecule has 0 heterocycles. The van der Waals surface area contributed by atoms with Crippen molar-refractivity contribution in [2.24, 2.45) is 5.92 Å². The number of hydrogen-bond acceptors (Lipinski definition) is 3. The van der Waals surface area contributed by atoms with Crippen LogP contribution >= 0.6 is 0 Å². The van der Waals surface area contributed by atoms with Crippen LogP contribution in [0.5, 0.6) is 0 Å². The standard InChI is InChI=1S/C13H18FNO4S/c1-4-10(13(16)17)7-15-20(18,19)12-8(2)5-11(14)6-9(12)3/h5-6,10,15H,4,7H2,1-3H3,(H,16,17). The smallest absolute Gasteiger partial charge is 0.307 e. The third kappa shape index (κ3) is 3.77. The van der Waals surface area contributed by atoms with E-state index in [-0.39, 0.29) is 11.4 Å². The van der Waals surface area contributed by atoms with Crippen LogP contribution in [0.15, 0.2) is 17.0 Å². The summed E-state index contributed by atoms with van der Waals surface area (Å²) in [6.07, 6.45) is 0.319. The minimum atomic E-state index is -3.86. The van der Waals surface area contributed by atoms with Crippen LogP contribution in [0.2, 0.25) is 0 Å². The summed E-state index contributed by atoms with van der Waals surface area (Å²) in [5, 5.41) is 8.90. The lowest BCUT2D eigenvalue weighted by Crippen LogP contribution is -2.33. The Labute approximate surface area is 117 Å². The Balaban J connectivity index is 3.04. The maximum atomic E-state index is 13.2. The van der Waals surface area contributed by atoms with Gasteiger partial charge in [-0.2, -0.15) is 0 Å². The number of carboxylic acids is 1. The number of aliphatic carboxylic acids is 1. The zero-order valence-electron chi connectivity index (χ0n) is 11.6. The molecule has 0 aliphatic heterocycles. The van der Waals surface area contributed by atoms with E-state index in [1.54, 1.807) is 6.92 Å². The molecular weight excluding hydrogens is 285 g/mol. The molecule has 0 saturated carbocycles. The van der Waals surface area contributed by atoms with Crippen LogP contribution in [0.4, 0.5) is 4.39 Å². The van der Waals surface area contributed by atoms with E-state index in [0.29, 0.717) is 17.5 Å². The number of rotatable bonds is 6. The number of aryl methyl sites for hydroxylation is 2. The van der Waals surface area contributed by atoms with Crippen molar-refractivity contribution < 1.29 is 22.7 Å². The van der Waals surface area contributed by atoms with Crippen LogP contribution in [0, 0.1) is 25.6 Å². The second kappa shape index (κ2) is 6.32. The molecule has 7 heteroatoms. The fourth-order valence-electron chi connectivity index (χ4n) is 2.01. The van der Waals surface area contributed by atoms with E-state index in [9.17, 15) is 17.6 Å². The largest absolute Gasteiger partial charge is 0.481 e. The second-order valence-electron chi connectivity index (χ2n) is 4.66. The third-order valence-electron chi connectivity index (χ3n) is 3.06. The predicted octanol–water partition coefficient (Wildman–Crippen LogP) is 1.83. The molecule has 2 N–H and O–H groups in total. The molecule has 1 atom stereocenters. The van der Waals surface area contributed by atoms with Crippen LogP contribution in [-0.4, -0.2) is 26.0 Å². The van der Waals surface area contributed by atoms with Gasteiger partial charge in [0.05, 0.1) is 10.8 Å². The van der Waals surface area contributed by atoms with E-state index >= 15 is 0 Å². The van der Waals surface area contributed by atoms with Crippen LogP contribution < -0.4 is 4.72 Å². The van der Waals surface area contributed by atoms with Gasteiger partial charge in [0, 0.05) is 6.54 Å². The number of sulfonamides is 1. The molecule has 20 heavy (non-hydrogen) atoms. The first-order chi connectivity index (χ1) is 9.19.